The first kappa shape index (κ1) is 13.8. The van der Waals surface area contributed by atoms with E-state index in [0.717, 1.165) is 12.8 Å². The van der Waals surface area contributed by atoms with Gasteiger partial charge in [-0.25, -0.2) is 0 Å². The molecular weight excluding hydrogens is 254 g/mol. The molecule has 0 amide bonds. The van der Waals surface area contributed by atoms with E-state index < -0.39 is 0 Å². The number of rotatable bonds is 4. The first-order valence-corrected chi connectivity index (χ1v) is 7.63. The van der Waals surface area contributed by atoms with Gasteiger partial charge in [0.05, 0.1) is 0 Å². The Labute approximate surface area is 126 Å². The Morgan fingerprint density at radius 1 is 0.857 bits per heavy atom. The van der Waals surface area contributed by atoms with Crippen LogP contribution in [0, 0.1) is 0 Å². The molecule has 0 fully saturated rings. The first-order valence-electron chi connectivity index (χ1n) is 7.63. The van der Waals surface area contributed by atoms with Crippen LogP contribution in [0.25, 0.3) is 21.9 Å². The lowest BCUT2D eigenvalue weighted by Gasteiger charge is -2.11. The minimum Gasteiger partial charge on any atom is -0.330 e. The second kappa shape index (κ2) is 6.11. The summed E-state index contributed by atoms with van der Waals surface area (Å²) >= 11 is 0. The molecule has 2 N–H and O–H groups in total. The van der Waals surface area contributed by atoms with Crippen LogP contribution in [0.1, 0.15) is 18.1 Å². The van der Waals surface area contributed by atoms with Gasteiger partial charge in [0.1, 0.15) is 0 Å². The van der Waals surface area contributed by atoms with Crippen LogP contribution in [0.15, 0.2) is 60.7 Å². The number of nitrogens with two attached hydrogens (primary N) is 1. The fourth-order valence-corrected chi connectivity index (χ4v) is 2.86. The van der Waals surface area contributed by atoms with Gasteiger partial charge in [-0.1, -0.05) is 61.5 Å². The van der Waals surface area contributed by atoms with Gasteiger partial charge < -0.3 is 5.73 Å². The van der Waals surface area contributed by atoms with Crippen LogP contribution in [0.5, 0.6) is 0 Å². The molecule has 0 saturated carbocycles. The Morgan fingerprint density at radius 2 is 1.67 bits per heavy atom. The van der Waals surface area contributed by atoms with E-state index in [1.54, 1.807) is 0 Å². The normalized spacial score (nSPS) is 11.0. The van der Waals surface area contributed by atoms with Crippen LogP contribution < -0.4 is 5.73 Å². The van der Waals surface area contributed by atoms with Crippen LogP contribution in [0.4, 0.5) is 0 Å². The topological polar surface area (TPSA) is 26.0 Å². The van der Waals surface area contributed by atoms with Crippen molar-refractivity contribution in [3.63, 3.8) is 0 Å². The number of aryl methyl sites for hydroxylation is 1. The first-order chi connectivity index (χ1) is 10.3. The highest BCUT2D eigenvalue weighted by molar-refractivity contribution is 5.91. The molecule has 3 rings (SSSR count). The van der Waals surface area contributed by atoms with Gasteiger partial charge in [0.15, 0.2) is 0 Å². The molecule has 21 heavy (non-hydrogen) atoms. The zero-order valence-corrected chi connectivity index (χ0v) is 12.5. The smallest absolute Gasteiger partial charge is 0.00365 e. The minimum absolute atomic E-state index is 0.684. The highest BCUT2D eigenvalue weighted by atomic mass is 14.5. The second-order valence-corrected chi connectivity index (χ2v) is 5.45. The molecule has 0 atom stereocenters. The predicted molar refractivity (Wildman–Crippen MR) is 91.5 cm³/mol. The van der Waals surface area contributed by atoms with Gasteiger partial charge >= 0.3 is 0 Å². The predicted octanol–water partition coefficient (Wildman–Crippen LogP) is 4.57. The largest absolute Gasteiger partial charge is 0.330 e. The van der Waals surface area contributed by atoms with Crippen LogP contribution >= 0.6 is 0 Å². The van der Waals surface area contributed by atoms with Crippen molar-refractivity contribution in [3.8, 4) is 11.1 Å². The molecule has 0 bridgehead atoms. The zero-order chi connectivity index (χ0) is 14.7. The van der Waals surface area contributed by atoms with Crippen LogP contribution in [0.2, 0.25) is 0 Å². The molecule has 0 aliphatic rings. The summed E-state index contributed by atoms with van der Waals surface area (Å²) in [6, 6.07) is 21.9. The van der Waals surface area contributed by atoms with Crippen molar-refractivity contribution in [2.75, 3.05) is 6.54 Å². The molecular formula is C20H21N. The molecule has 1 nitrogen and oxygen atoms in total. The molecule has 0 spiro atoms. The fraction of sp³-hybridized carbons (Fsp3) is 0.200. The van der Waals surface area contributed by atoms with Gasteiger partial charge in [0, 0.05) is 0 Å². The van der Waals surface area contributed by atoms with E-state index >= 15 is 0 Å². The average Bonchev–Trinajstić information content (AvgIpc) is 2.55. The summed E-state index contributed by atoms with van der Waals surface area (Å²) < 4.78 is 0. The Kier molecular flexibility index (Phi) is 4.03. The standard InChI is InChI=1S/C20H21N/c1-2-15-8-9-17-13-19(16-6-4-3-5-7-16)14-18(10-11-21)20(17)12-15/h3-9,12-14H,2,10-11,21H2,1H3. The summed E-state index contributed by atoms with van der Waals surface area (Å²) in [6.07, 6.45) is 1.99. The average molecular weight is 275 g/mol. The molecule has 0 heterocycles. The van der Waals surface area contributed by atoms with Crippen LogP contribution in [-0.2, 0) is 12.8 Å². The quantitative estimate of drug-likeness (QED) is 0.741. The molecule has 0 saturated heterocycles. The zero-order valence-electron chi connectivity index (χ0n) is 12.5. The van der Waals surface area contributed by atoms with Gasteiger partial charge in [-0.15, -0.1) is 0 Å². The lowest BCUT2D eigenvalue weighted by atomic mass is 9.94. The summed E-state index contributed by atoms with van der Waals surface area (Å²) in [5.41, 5.74) is 11.1. The Morgan fingerprint density at radius 3 is 2.38 bits per heavy atom. The van der Waals surface area contributed by atoms with E-state index in [4.69, 9.17) is 5.73 Å². The van der Waals surface area contributed by atoms with Gasteiger partial charge in [-0.05, 0) is 58.5 Å². The van der Waals surface area contributed by atoms with E-state index in [2.05, 4.69) is 67.6 Å². The van der Waals surface area contributed by atoms with Gasteiger partial charge in [0.2, 0.25) is 0 Å². The highest BCUT2D eigenvalue weighted by Crippen LogP contribution is 2.29. The van der Waals surface area contributed by atoms with Crippen molar-refractivity contribution in [1.29, 1.82) is 0 Å². The van der Waals surface area contributed by atoms with Crippen molar-refractivity contribution >= 4 is 10.8 Å². The summed E-state index contributed by atoms with van der Waals surface area (Å²) in [7, 11) is 0. The molecule has 3 aromatic carbocycles. The molecule has 0 aliphatic heterocycles. The summed E-state index contributed by atoms with van der Waals surface area (Å²) in [4.78, 5) is 0. The lowest BCUT2D eigenvalue weighted by Crippen LogP contribution is -2.03. The number of benzene rings is 3. The van der Waals surface area contributed by atoms with Crippen molar-refractivity contribution in [2.45, 2.75) is 19.8 Å². The Hall–Kier alpha value is -2.12. The van der Waals surface area contributed by atoms with Crippen molar-refractivity contribution in [1.82, 2.24) is 0 Å². The monoisotopic (exact) mass is 275 g/mol. The molecule has 0 aliphatic carbocycles. The third-order valence-corrected chi connectivity index (χ3v) is 4.03. The van der Waals surface area contributed by atoms with Gasteiger partial charge in [-0.2, -0.15) is 0 Å². The third-order valence-electron chi connectivity index (χ3n) is 4.03. The minimum atomic E-state index is 0.684. The lowest BCUT2D eigenvalue weighted by molar-refractivity contribution is 0.977. The van der Waals surface area contributed by atoms with E-state index in [1.165, 1.54) is 33.0 Å². The van der Waals surface area contributed by atoms with Crippen LogP contribution in [-0.4, -0.2) is 6.54 Å². The summed E-state index contributed by atoms with van der Waals surface area (Å²) in [6.45, 7) is 2.88. The molecule has 0 unspecified atom stereocenters. The molecule has 106 valence electrons. The number of fused-ring (bicyclic) bond motifs is 1. The summed E-state index contributed by atoms with van der Waals surface area (Å²) in [5.74, 6) is 0. The van der Waals surface area contributed by atoms with Gasteiger partial charge in [0.25, 0.3) is 0 Å². The van der Waals surface area contributed by atoms with E-state index in [-0.39, 0.29) is 0 Å². The number of hydrogen-bond acceptors (Lipinski definition) is 1. The van der Waals surface area contributed by atoms with Crippen LogP contribution in [0.3, 0.4) is 0 Å². The molecule has 0 radical (unpaired) electrons. The number of hydrogen-bond donors (Lipinski definition) is 1. The maximum atomic E-state index is 5.81. The fourth-order valence-electron chi connectivity index (χ4n) is 2.86. The molecule has 3 aromatic rings. The maximum Gasteiger partial charge on any atom is -0.00365 e. The van der Waals surface area contributed by atoms with E-state index in [0.29, 0.717) is 6.54 Å². The van der Waals surface area contributed by atoms with E-state index in [9.17, 15) is 0 Å². The summed E-state index contributed by atoms with van der Waals surface area (Å²) in [5, 5.41) is 2.65. The molecule has 0 aromatic heterocycles. The van der Waals surface area contributed by atoms with Crippen molar-refractivity contribution in [3.05, 3.63) is 71.8 Å². The highest BCUT2D eigenvalue weighted by Gasteiger charge is 2.06. The molecule has 1 heteroatoms. The van der Waals surface area contributed by atoms with E-state index in [1.807, 2.05) is 0 Å². The third kappa shape index (κ3) is 2.84. The van der Waals surface area contributed by atoms with Gasteiger partial charge in [-0.3, -0.25) is 0 Å². The Bertz CT molecular complexity index is 744. The second-order valence-electron chi connectivity index (χ2n) is 5.45. The Balaban J connectivity index is 2.21. The SMILES string of the molecule is CCc1ccc2cc(-c3ccccc3)cc(CCN)c2c1. The maximum absolute atomic E-state index is 5.81. The van der Waals surface area contributed by atoms with Crippen molar-refractivity contribution in [2.24, 2.45) is 5.73 Å². The van der Waals surface area contributed by atoms with Crippen molar-refractivity contribution < 1.29 is 0 Å².